The molecule has 0 saturated carbocycles. The predicted octanol–water partition coefficient (Wildman–Crippen LogP) is 3.97. The average Bonchev–Trinajstić information content (AvgIpc) is 2.70. The normalized spacial score (nSPS) is 16.0. The Labute approximate surface area is 161 Å². The molecule has 0 aromatic heterocycles. The first-order valence-electron chi connectivity index (χ1n) is 9.27. The van der Waals surface area contributed by atoms with Crippen LogP contribution in [0.1, 0.15) is 11.1 Å². The van der Waals surface area contributed by atoms with Crippen LogP contribution in [0.25, 0.3) is 10.8 Å². The van der Waals surface area contributed by atoms with Crippen LogP contribution in [0.3, 0.4) is 0 Å². The second kappa shape index (κ2) is 6.98. The molecule has 3 aromatic rings. The van der Waals surface area contributed by atoms with Gasteiger partial charge in [0.25, 0.3) is 0 Å². The van der Waals surface area contributed by atoms with Crippen molar-refractivity contribution in [1.29, 1.82) is 0 Å². The van der Waals surface area contributed by atoms with Crippen molar-refractivity contribution < 1.29 is 8.42 Å². The van der Waals surface area contributed by atoms with E-state index in [0.29, 0.717) is 31.1 Å². The standard InChI is InChI=1S/C22H24N2O2S/c1-17-6-5-9-22(18(17)2)23-12-14-24(15-13-23)27(25,26)21-11-10-19-7-3-4-8-20(19)16-21/h3-11,16H,12-15H2,1-2H3. The fourth-order valence-corrected chi connectivity index (χ4v) is 5.18. The molecule has 0 unspecified atom stereocenters. The summed E-state index contributed by atoms with van der Waals surface area (Å²) in [7, 11) is -3.47. The zero-order valence-corrected chi connectivity index (χ0v) is 16.5. The van der Waals surface area contributed by atoms with Crippen LogP contribution < -0.4 is 4.90 Å². The van der Waals surface area contributed by atoms with Crippen LogP contribution in [-0.4, -0.2) is 38.9 Å². The molecular weight excluding hydrogens is 356 g/mol. The van der Waals surface area contributed by atoms with E-state index in [1.165, 1.54) is 16.8 Å². The second-order valence-electron chi connectivity index (χ2n) is 7.12. The third kappa shape index (κ3) is 3.33. The predicted molar refractivity (Wildman–Crippen MR) is 111 cm³/mol. The van der Waals surface area contributed by atoms with Crippen molar-refractivity contribution in [2.45, 2.75) is 18.7 Å². The summed E-state index contributed by atoms with van der Waals surface area (Å²) in [4.78, 5) is 2.66. The Morgan fingerprint density at radius 1 is 0.778 bits per heavy atom. The molecule has 0 aliphatic carbocycles. The summed E-state index contributed by atoms with van der Waals surface area (Å²) >= 11 is 0. The van der Waals surface area contributed by atoms with Gasteiger partial charge < -0.3 is 4.90 Å². The monoisotopic (exact) mass is 380 g/mol. The molecule has 4 nitrogen and oxygen atoms in total. The third-order valence-electron chi connectivity index (χ3n) is 5.51. The largest absolute Gasteiger partial charge is 0.369 e. The number of sulfonamides is 1. The number of nitrogens with zero attached hydrogens (tertiary/aromatic N) is 2. The number of benzene rings is 3. The lowest BCUT2D eigenvalue weighted by Crippen LogP contribution is -2.48. The molecular formula is C22H24N2O2S. The SMILES string of the molecule is Cc1cccc(N2CCN(S(=O)(=O)c3ccc4ccccc4c3)CC2)c1C. The summed E-state index contributed by atoms with van der Waals surface area (Å²) < 4.78 is 27.8. The minimum atomic E-state index is -3.47. The first-order valence-corrected chi connectivity index (χ1v) is 10.7. The molecule has 1 fully saturated rings. The Morgan fingerprint density at radius 3 is 2.22 bits per heavy atom. The number of fused-ring (bicyclic) bond motifs is 1. The quantitative estimate of drug-likeness (QED) is 0.690. The molecule has 0 N–H and O–H groups in total. The van der Waals surface area contributed by atoms with E-state index >= 15 is 0 Å². The van der Waals surface area contributed by atoms with E-state index in [-0.39, 0.29) is 0 Å². The summed E-state index contributed by atoms with van der Waals surface area (Å²) in [6.07, 6.45) is 0. The van der Waals surface area contributed by atoms with Crippen molar-refractivity contribution in [2.75, 3.05) is 31.1 Å². The Kier molecular flexibility index (Phi) is 4.66. The number of anilines is 1. The van der Waals surface area contributed by atoms with Crippen LogP contribution in [0.2, 0.25) is 0 Å². The fraction of sp³-hybridized carbons (Fsp3) is 0.273. The number of aryl methyl sites for hydroxylation is 1. The van der Waals surface area contributed by atoms with Crippen LogP contribution in [0.5, 0.6) is 0 Å². The first-order chi connectivity index (χ1) is 13.0. The molecule has 0 amide bonds. The van der Waals surface area contributed by atoms with E-state index in [9.17, 15) is 8.42 Å². The van der Waals surface area contributed by atoms with E-state index in [4.69, 9.17) is 0 Å². The highest BCUT2D eigenvalue weighted by atomic mass is 32.2. The highest BCUT2D eigenvalue weighted by molar-refractivity contribution is 7.89. The molecule has 0 bridgehead atoms. The molecule has 1 aliphatic rings. The average molecular weight is 381 g/mol. The zero-order chi connectivity index (χ0) is 19.0. The van der Waals surface area contributed by atoms with Gasteiger partial charge in [-0.2, -0.15) is 4.31 Å². The van der Waals surface area contributed by atoms with Crippen LogP contribution in [0.4, 0.5) is 5.69 Å². The molecule has 1 heterocycles. The van der Waals surface area contributed by atoms with Crippen molar-refractivity contribution in [1.82, 2.24) is 4.31 Å². The van der Waals surface area contributed by atoms with Gasteiger partial charge in [0, 0.05) is 31.9 Å². The van der Waals surface area contributed by atoms with Crippen LogP contribution in [0.15, 0.2) is 65.6 Å². The molecule has 4 rings (SSSR count). The van der Waals surface area contributed by atoms with Crippen molar-refractivity contribution in [3.05, 3.63) is 71.8 Å². The summed E-state index contributed by atoms with van der Waals surface area (Å²) in [6.45, 7) is 6.65. The molecule has 0 atom stereocenters. The minimum absolute atomic E-state index is 0.376. The Balaban J connectivity index is 1.55. The topological polar surface area (TPSA) is 40.6 Å². The van der Waals surface area contributed by atoms with Crippen LogP contribution in [0, 0.1) is 13.8 Å². The van der Waals surface area contributed by atoms with Gasteiger partial charge >= 0.3 is 0 Å². The van der Waals surface area contributed by atoms with Crippen LogP contribution >= 0.6 is 0 Å². The number of hydrogen-bond donors (Lipinski definition) is 0. The van der Waals surface area contributed by atoms with Gasteiger partial charge in [-0.25, -0.2) is 8.42 Å². The van der Waals surface area contributed by atoms with Gasteiger partial charge in [-0.3, -0.25) is 0 Å². The van der Waals surface area contributed by atoms with E-state index in [0.717, 1.165) is 10.8 Å². The lowest BCUT2D eigenvalue weighted by molar-refractivity contribution is 0.385. The minimum Gasteiger partial charge on any atom is -0.369 e. The second-order valence-corrected chi connectivity index (χ2v) is 9.06. The zero-order valence-electron chi connectivity index (χ0n) is 15.7. The lowest BCUT2D eigenvalue weighted by atomic mass is 10.1. The lowest BCUT2D eigenvalue weighted by Gasteiger charge is -2.36. The van der Waals surface area contributed by atoms with Gasteiger partial charge in [-0.05, 0) is 53.9 Å². The maximum absolute atomic E-state index is 13.1. The summed E-state index contributed by atoms with van der Waals surface area (Å²) in [6, 6.07) is 19.5. The van der Waals surface area contributed by atoms with Crippen molar-refractivity contribution >= 4 is 26.5 Å². The molecule has 1 aliphatic heterocycles. The molecule has 140 valence electrons. The summed E-state index contributed by atoms with van der Waals surface area (Å²) in [5, 5.41) is 2.00. The van der Waals surface area contributed by atoms with E-state index in [1.54, 1.807) is 16.4 Å². The van der Waals surface area contributed by atoms with Gasteiger partial charge in [0.1, 0.15) is 0 Å². The maximum Gasteiger partial charge on any atom is 0.243 e. The highest BCUT2D eigenvalue weighted by Gasteiger charge is 2.29. The maximum atomic E-state index is 13.1. The fourth-order valence-electron chi connectivity index (χ4n) is 3.72. The van der Waals surface area contributed by atoms with E-state index in [1.807, 2.05) is 30.3 Å². The Morgan fingerprint density at radius 2 is 1.48 bits per heavy atom. The van der Waals surface area contributed by atoms with Crippen molar-refractivity contribution in [3.8, 4) is 0 Å². The van der Waals surface area contributed by atoms with Crippen molar-refractivity contribution in [3.63, 3.8) is 0 Å². The molecule has 1 saturated heterocycles. The van der Waals surface area contributed by atoms with E-state index < -0.39 is 10.0 Å². The molecule has 5 heteroatoms. The molecule has 3 aromatic carbocycles. The van der Waals surface area contributed by atoms with Crippen LogP contribution in [-0.2, 0) is 10.0 Å². The molecule has 27 heavy (non-hydrogen) atoms. The smallest absolute Gasteiger partial charge is 0.243 e. The summed E-state index contributed by atoms with van der Waals surface area (Å²) in [5.74, 6) is 0. The van der Waals surface area contributed by atoms with Gasteiger partial charge in [0.15, 0.2) is 0 Å². The van der Waals surface area contributed by atoms with Gasteiger partial charge in [-0.15, -0.1) is 0 Å². The first kappa shape index (κ1) is 18.0. The highest BCUT2D eigenvalue weighted by Crippen LogP contribution is 2.26. The van der Waals surface area contributed by atoms with Gasteiger partial charge in [0.05, 0.1) is 4.90 Å². The van der Waals surface area contributed by atoms with Crippen molar-refractivity contribution in [2.24, 2.45) is 0 Å². The number of hydrogen-bond acceptors (Lipinski definition) is 3. The Hall–Kier alpha value is -2.37. The van der Waals surface area contributed by atoms with Gasteiger partial charge in [0.2, 0.25) is 10.0 Å². The number of rotatable bonds is 3. The van der Waals surface area contributed by atoms with Gasteiger partial charge in [-0.1, -0.05) is 42.5 Å². The number of piperazine rings is 1. The molecule has 0 radical (unpaired) electrons. The molecule has 0 spiro atoms. The third-order valence-corrected chi connectivity index (χ3v) is 7.41. The van der Waals surface area contributed by atoms with E-state index in [2.05, 4.69) is 36.9 Å². The Bertz CT molecular complexity index is 1080. The summed E-state index contributed by atoms with van der Waals surface area (Å²) in [5.41, 5.74) is 3.74.